The lowest BCUT2D eigenvalue weighted by atomic mass is 10.1. The zero-order valence-electron chi connectivity index (χ0n) is 18.2. The van der Waals surface area contributed by atoms with E-state index in [2.05, 4.69) is 0 Å². The van der Waals surface area contributed by atoms with Crippen LogP contribution < -0.4 is 18.9 Å². The van der Waals surface area contributed by atoms with Gasteiger partial charge in [0.2, 0.25) is 29.1 Å². The molecule has 0 saturated heterocycles. The molecule has 0 fully saturated rings. The Morgan fingerprint density at radius 3 is 2.23 bits per heavy atom. The Kier molecular flexibility index (Phi) is 6.90. The average molecular weight is 492 g/mol. The van der Waals surface area contributed by atoms with Crippen molar-refractivity contribution in [3.63, 3.8) is 0 Å². The lowest BCUT2D eigenvalue weighted by molar-refractivity contribution is 0.104. The Morgan fingerprint density at radius 1 is 0.886 bits per heavy atom. The minimum absolute atomic E-state index is 0.240. The number of ether oxygens (including phenoxy) is 4. The van der Waals surface area contributed by atoms with Crippen LogP contribution in [0.4, 0.5) is 22.0 Å². The molecular weight excluding hydrogens is 475 g/mol. The third-order valence-corrected chi connectivity index (χ3v) is 5.10. The van der Waals surface area contributed by atoms with Crippen LogP contribution in [0.1, 0.15) is 21.5 Å². The van der Waals surface area contributed by atoms with Gasteiger partial charge in [0.15, 0.2) is 23.0 Å². The van der Waals surface area contributed by atoms with Gasteiger partial charge in [-0.2, -0.15) is 8.78 Å². The number of halogens is 5. The Bertz CT molecular complexity index is 1290. The van der Waals surface area contributed by atoms with E-state index in [-0.39, 0.29) is 17.1 Å². The number of fused-ring (bicyclic) bond motifs is 1. The van der Waals surface area contributed by atoms with Gasteiger partial charge >= 0.3 is 0 Å². The maximum absolute atomic E-state index is 13.9. The number of allylic oxidation sites excluding steroid dienone is 1. The fourth-order valence-corrected chi connectivity index (χ4v) is 3.34. The minimum Gasteiger partial charge on any atom is -0.496 e. The molecule has 1 aliphatic heterocycles. The molecular formula is C25H17F5O5. The van der Waals surface area contributed by atoms with Crippen LogP contribution in [0.15, 0.2) is 42.5 Å². The summed E-state index contributed by atoms with van der Waals surface area (Å²) >= 11 is 0. The van der Waals surface area contributed by atoms with Crippen LogP contribution in [0.3, 0.4) is 0 Å². The molecule has 4 rings (SSSR count). The zero-order valence-corrected chi connectivity index (χ0v) is 18.2. The fourth-order valence-electron chi connectivity index (χ4n) is 3.34. The van der Waals surface area contributed by atoms with Crippen LogP contribution in [-0.4, -0.2) is 26.1 Å². The molecule has 0 aliphatic carbocycles. The number of carbonyl (C=O) groups is 1. The number of hydrogen-bond acceptors (Lipinski definition) is 5. The molecule has 3 aromatic carbocycles. The van der Waals surface area contributed by atoms with Gasteiger partial charge in [0.05, 0.1) is 7.11 Å². The van der Waals surface area contributed by atoms with Crippen molar-refractivity contribution in [1.82, 2.24) is 0 Å². The molecule has 0 atom stereocenters. The second kappa shape index (κ2) is 10.0. The second-order valence-electron chi connectivity index (χ2n) is 7.32. The maximum atomic E-state index is 13.9. The van der Waals surface area contributed by atoms with Crippen LogP contribution in [0.5, 0.6) is 23.0 Å². The number of carbonyl (C=O) groups excluding carboxylic acids is 1. The standard InChI is InChI=1S/C25H17F5O5/c1-32-17-6-3-13(2-5-16(31)14-4-7-18-19(11-14)34-9-8-33-18)10-15(17)12-35-25-23(29)21(27)20(26)22(28)24(25)30/h2-7,10-11H,8-9,12H2,1H3/b5-2+. The highest BCUT2D eigenvalue weighted by Gasteiger charge is 2.27. The van der Waals surface area contributed by atoms with E-state index in [0.717, 1.165) is 0 Å². The Labute approximate surface area is 196 Å². The van der Waals surface area contributed by atoms with Gasteiger partial charge in [0.1, 0.15) is 25.6 Å². The van der Waals surface area contributed by atoms with E-state index in [4.69, 9.17) is 18.9 Å². The minimum atomic E-state index is -2.28. The SMILES string of the molecule is COc1ccc(/C=C/C(=O)c2ccc3c(c2)OCCO3)cc1COc1c(F)c(F)c(F)c(F)c1F. The van der Waals surface area contributed by atoms with Crippen molar-refractivity contribution in [1.29, 1.82) is 0 Å². The summed E-state index contributed by atoms with van der Waals surface area (Å²) in [7, 11) is 1.33. The topological polar surface area (TPSA) is 54.0 Å². The van der Waals surface area contributed by atoms with Crippen molar-refractivity contribution in [3.05, 3.63) is 88.3 Å². The molecule has 3 aromatic rings. The second-order valence-corrected chi connectivity index (χ2v) is 7.32. The van der Waals surface area contributed by atoms with E-state index in [0.29, 0.717) is 35.8 Å². The number of rotatable bonds is 7. The highest BCUT2D eigenvalue weighted by molar-refractivity contribution is 6.07. The van der Waals surface area contributed by atoms with Gasteiger partial charge in [-0.25, -0.2) is 13.2 Å². The lowest BCUT2D eigenvalue weighted by Gasteiger charge is -2.18. The van der Waals surface area contributed by atoms with Crippen LogP contribution in [-0.2, 0) is 6.61 Å². The van der Waals surface area contributed by atoms with Gasteiger partial charge in [0.25, 0.3) is 0 Å². The molecule has 0 unspecified atom stereocenters. The van der Waals surface area contributed by atoms with Crippen molar-refractivity contribution in [2.75, 3.05) is 20.3 Å². The summed E-state index contributed by atoms with van der Waals surface area (Å²) in [4.78, 5) is 12.6. The third kappa shape index (κ3) is 4.91. The number of ketones is 1. The summed E-state index contributed by atoms with van der Waals surface area (Å²) in [6, 6.07) is 9.39. The number of benzene rings is 3. The molecule has 182 valence electrons. The van der Waals surface area contributed by atoms with Gasteiger partial charge in [-0.05, 0) is 42.0 Å². The highest BCUT2D eigenvalue weighted by Crippen LogP contribution is 2.32. The van der Waals surface area contributed by atoms with Crippen LogP contribution in [0.2, 0.25) is 0 Å². The normalized spacial score (nSPS) is 12.6. The Hall–Kier alpha value is -4.08. The maximum Gasteiger partial charge on any atom is 0.207 e. The van der Waals surface area contributed by atoms with E-state index < -0.39 is 41.4 Å². The molecule has 0 radical (unpaired) electrons. The van der Waals surface area contributed by atoms with Crippen molar-refractivity contribution in [2.45, 2.75) is 6.61 Å². The van der Waals surface area contributed by atoms with Gasteiger partial charge < -0.3 is 18.9 Å². The first kappa shape index (κ1) is 24.1. The quantitative estimate of drug-likeness (QED) is 0.141. The summed E-state index contributed by atoms with van der Waals surface area (Å²) in [5, 5.41) is 0. The first-order chi connectivity index (χ1) is 16.8. The van der Waals surface area contributed by atoms with E-state index in [1.807, 2.05) is 0 Å². The molecule has 0 bridgehead atoms. The van der Waals surface area contributed by atoms with Crippen LogP contribution in [0.25, 0.3) is 6.08 Å². The third-order valence-electron chi connectivity index (χ3n) is 5.10. The molecule has 0 amide bonds. The van der Waals surface area contributed by atoms with Crippen molar-refractivity contribution in [2.24, 2.45) is 0 Å². The molecule has 0 N–H and O–H groups in total. The largest absolute Gasteiger partial charge is 0.496 e. The van der Waals surface area contributed by atoms with Gasteiger partial charge in [-0.15, -0.1) is 0 Å². The first-order valence-corrected chi connectivity index (χ1v) is 10.2. The zero-order chi connectivity index (χ0) is 25.1. The molecule has 1 aliphatic rings. The summed E-state index contributed by atoms with van der Waals surface area (Å²) in [6.07, 6.45) is 2.79. The molecule has 10 heteroatoms. The monoisotopic (exact) mass is 492 g/mol. The summed E-state index contributed by atoms with van der Waals surface area (Å²) in [6.45, 7) is 0.232. The van der Waals surface area contributed by atoms with Crippen molar-refractivity contribution < 1.29 is 45.7 Å². The summed E-state index contributed by atoms with van der Waals surface area (Å²) < 4.78 is 88.9. The van der Waals surface area contributed by atoms with Crippen LogP contribution in [0, 0.1) is 29.1 Å². The van der Waals surface area contributed by atoms with Gasteiger partial charge in [-0.3, -0.25) is 4.79 Å². The molecule has 1 heterocycles. The Balaban J connectivity index is 1.53. The van der Waals surface area contributed by atoms with E-state index in [9.17, 15) is 26.7 Å². The molecule has 5 nitrogen and oxygen atoms in total. The number of methoxy groups -OCH3 is 1. The summed E-state index contributed by atoms with van der Waals surface area (Å²) in [5.41, 5.74) is 1.10. The van der Waals surface area contributed by atoms with Gasteiger partial charge in [-0.1, -0.05) is 12.1 Å². The van der Waals surface area contributed by atoms with Crippen molar-refractivity contribution >= 4 is 11.9 Å². The summed E-state index contributed by atoms with van der Waals surface area (Å²) in [5.74, 6) is -11.1. The average Bonchev–Trinajstić information content (AvgIpc) is 2.89. The number of hydrogen-bond donors (Lipinski definition) is 0. The highest BCUT2D eigenvalue weighted by atomic mass is 19.2. The van der Waals surface area contributed by atoms with Crippen LogP contribution >= 0.6 is 0 Å². The fraction of sp³-hybridized carbons (Fsp3) is 0.160. The predicted molar refractivity (Wildman–Crippen MR) is 114 cm³/mol. The van der Waals surface area contributed by atoms with E-state index >= 15 is 0 Å². The molecule has 0 aromatic heterocycles. The van der Waals surface area contributed by atoms with E-state index in [1.54, 1.807) is 24.3 Å². The molecule has 0 spiro atoms. The van der Waals surface area contributed by atoms with Crippen molar-refractivity contribution in [3.8, 4) is 23.0 Å². The molecule has 0 saturated carbocycles. The lowest BCUT2D eigenvalue weighted by Crippen LogP contribution is -2.15. The smallest absolute Gasteiger partial charge is 0.207 e. The first-order valence-electron chi connectivity index (χ1n) is 10.2. The Morgan fingerprint density at radius 2 is 1.54 bits per heavy atom. The van der Waals surface area contributed by atoms with Gasteiger partial charge in [0, 0.05) is 11.1 Å². The van der Waals surface area contributed by atoms with E-state index in [1.165, 1.54) is 31.4 Å². The predicted octanol–water partition coefficient (Wildman–Crippen LogP) is 5.64. The molecule has 35 heavy (non-hydrogen) atoms.